The van der Waals surface area contributed by atoms with E-state index in [4.69, 9.17) is 4.74 Å². The molecule has 1 aromatic carbocycles. The largest absolute Gasteiger partial charge is 0.455 e. The second-order valence-electron chi connectivity index (χ2n) is 6.09. The molecule has 2 amide bonds. The number of nitrogens with zero attached hydrogens (tertiary/aromatic N) is 2. The van der Waals surface area contributed by atoms with Crippen LogP contribution in [0.15, 0.2) is 18.2 Å². The maximum Gasteiger partial charge on any atom is 0.309 e. The fraction of sp³-hybridized carbons (Fsp3) is 0.471. The number of rotatable bonds is 4. The minimum absolute atomic E-state index is 0.195. The Labute approximate surface area is 144 Å². The molecule has 25 heavy (non-hydrogen) atoms. The molecular formula is C17H20F2N2O4. The Morgan fingerprint density at radius 2 is 1.84 bits per heavy atom. The summed E-state index contributed by atoms with van der Waals surface area (Å²) >= 11 is 0. The van der Waals surface area contributed by atoms with Gasteiger partial charge in [-0.3, -0.25) is 14.4 Å². The van der Waals surface area contributed by atoms with E-state index in [0.29, 0.717) is 18.9 Å². The number of halogens is 2. The number of amides is 2. The van der Waals surface area contributed by atoms with Crippen LogP contribution < -0.4 is 0 Å². The van der Waals surface area contributed by atoms with E-state index in [-0.39, 0.29) is 31.2 Å². The third-order valence-electron chi connectivity index (χ3n) is 4.11. The number of hydrogen-bond donors (Lipinski definition) is 0. The van der Waals surface area contributed by atoms with E-state index in [1.165, 1.54) is 9.80 Å². The number of carbonyl (C=O) groups excluding carboxylic acids is 3. The van der Waals surface area contributed by atoms with Crippen molar-refractivity contribution in [2.75, 3.05) is 33.8 Å². The van der Waals surface area contributed by atoms with Gasteiger partial charge in [0.15, 0.2) is 6.61 Å². The minimum atomic E-state index is -0.909. The van der Waals surface area contributed by atoms with Gasteiger partial charge in [-0.15, -0.1) is 0 Å². The molecule has 8 heteroatoms. The summed E-state index contributed by atoms with van der Waals surface area (Å²) in [7, 11) is 3.13. The standard InChI is InChI=1S/C17H20F2N2O4/c1-20(2)15(22)10-25-17(24)11-5-7-21(8-6-11)16(23)13-4-3-12(18)9-14(13)19/h3-4,9,11H,5-8,10H2,1-2H3. The van der Waals surface area contributed by atoms with Crippen molar-refractivity contribution in [3.63, 3.8) is 0 Å². The summed E-state index contributed by atoms with van der Waals surface area (Å²) in [6.45, 7) is 0.208. The SMILES string of the molecule is CN(C)C(=O)COC(=O)C1CCN(C(=O)c2ccc(F)cc2F)CC1. The highest BCUT2D eigenvalue weighted by atomic mass is 19.1. The average Bonchev–Trinajstić information content (AvgIpc) is 2.58. The summed E-state index contributed by atoms with van der Waals surface area (Å²) in [5.74, 6) is -3.39. The van der Waals surface area contributed by atoms with Crippen molar-refractivity contribution in [3.05, 3.63) is 35.4 Å². The lowest BCUT2D eigenvalue weighted by Crippen LogP contribution is -2.41. The summed E-state index contributed by atoms with van der Waals surface area (Å²) in [5, 5.41) is 0. The van der Waals surface area contributed by atoms with Crippen LogP contribution in [0.2, 0.25) is 0 Å². The highest BCUT2D eigenvalue weighted by Crippen LogP contribution is 2.21. The molecule has 1 saturated heterocycles. The van der Waals surface area contributed by atoms with Crippen LogP contribution in [-0.4, -0.2) is 61.4 Å². The third-order valence-corrected chi connectivity index (χ3v) is 4.11. The predicted octanol–water partition coefficient (Wildman–Crippen LogP) is 1.45. The smallest absolute Gasteiger partial charge is 0.309 e. The zero-order chi connectivity index (χ0) is 18.6. The van der Waals surface area contributed by atoms with Gasteiger partial charge in [-0.1, -0.05) is 0 Å². The van der Waals surface area contributed by atoms with Gasteiger partial charge in [0, 0.05) is 33.3 Å². The Bertz CT molecular complexity index is 671. The van der Waals surface area contributed by atoms with Crippen molar-refractivity contribution in [2.45, 2.75) is 12.8 Å². The predicted molar refractivity (Wildman–Crippen MR) is 84.6 cm³/mol. The molecule has 0 aliphatic carbocycles. The molecule has 0 bridgehead atoms. The van der Waals surface area contributed by atoms with Gasteiger partial charge in [0.2, 0.25) is 0 Å². The van der Waals surface area contributed by atoms with Crippen LogP contribution in [0.3, 0.4) is 0 Å². The first-order chi connectivity index (χ1) is 11.8. The van der Waals surface area contributed by atoms with E-state index < -0.39 is 29.4 Å². The number of piperidine rings is 1. The molecule has 6 nitrogen and oxygen atoms in total. The van der Waals surface area contributed by atoms with Gasteiger partial charge in [0.25, 0.3) is 11.8 Å². The number of hydrogen-bond acceptors (Lipinski definition) is 4. The zero-order valence-corrected chi connectivity index (χ0v) is 14.1. The van der Waals surface area contributed by atoms with Gasteiger partial charge in [-0.05, 0) is 25.0 Å². The van der Waals surface area contributed by atoms with Crippen molar-refractivity contribution in [2.24, 2.45) is 5.92 Å². The van der Waals surface area contributed by atoms with Crippen molar-refractivity contribution in [1.29, 1.82) is 0 Å². The molecule has 0 saturated carbocycles. The number of carbonyl (C=O) groups is 3. The number of likely N-dealkylation sites (tertiary alicyclic amines) is 1. The van der Waals surface area contributed by atoms with E-state index in [9.17, 15) is 23.2 Å². The lowest BCUT2D eigenvalue weighted by molar-refractivity contribution is -0.155. The molecule has 136 valence electrons. The number of likely N-dealkylation sites (N-methyl/N-ethyl adjacent to an activating group) is 1. The van der Waals surface area contributed by atoms with Gasteiger partial charge in [-0.25, -0.2) is 8.78 Å². The summed E-state index contributed by atoms with van der Waals surface area (Å²) in [6, 6.07) is 2.81. The van der Waals surface area contributed by atoms with Crippen LogP contribution in [0, 0.1) is 17.6 Å². The van der Waals surface area contributed by atoms with E-state index in [1.807, 2.05) is 0 Å². The summed E-state index contributed by atoms with van der Waals surface area (Å²) in [6.07, 6.45) is 0.729. The second kappa shape index (κ2) is 8.04. The quantitative estimate of drug-likeness (QED) is 0.768. The van der Waals surface area contributed by atoms with Crippen molar-refractivity contribution >= 4 is 17.8 Å². The highest BCUT2D eigenvalue weighted by molar-refractivity contribution is 5.94. The Hall–Kier alpha value is -2.51. The fourth-order valence-corrected chi connectivity index (χ4v) is 2.53. The molecule has 2 rings (SSSR count). The first-order valence-electron chi connectivity index (χ1n) is 7.90. The molecule has 1 aromatic rings. The molecule has 1 heterocycles. The van der Waals surface area contributed by atoms with Crippen molar-refractivity contribution in [3.8, 4) is 0 Å². The fourth-order valence-electron chi connectivity index (χ4n) is 2.53. The van der Waals surface area contributed by atoms with Gasteiger partial charge in [0.05, 0.1) is 11.5 Å². The molecule has 0 spiro atoms. The number of benzene rings is 1. The Kier molecular flexibility index (Phi) is 6.06. The first kappa shape index (κ1) is 18.8. The van der Waals surface area contributed by atoms with Crippen molar-refractivity contribution in [1.82, 2.24) is 9.80 Å². The van der Waals surface area contributed by atoms with Crippen molar-refractivity contribution < 1.29 is 27.9 Å². The molecule has 0 unspecified atom stereocenters. The zero-order valence-electron chi connectivity index (χ0n) is 14.1. The van der Waals surface area contributed by atoms with Gasteiger partial charge in [0.1, 0.15) is 11.6 Å². The maximum absolute atomic E-state index is 13.7. The Morgan fingerprint density at radius 3 is 2.40 bits per heavy atom. The van der Waals surface area contributed by atoms with Crippen LogP contribution in [-0.2, 0) is 14.3 Å². The highest BCUT2D eigenvalue weighted by Gasteiger charge is 2.30. The lowest BCUT2D eigenvalue weighted by atomic mass is 9.96. The summed E-state index contributed by atoms with van der Waals surface area (Å²) in [5.41, 5.74) is -0.195. The number of ether oxygens (including phenoxy) is 1. The molecule has 0 atom stereocenters. The molecular weight excluding hydrogens is 334 g/mol. The van der Waals surface area contributed by atoms with Gasteiger partial charge < -0.3 is 14.5 Å². The Morgan fingerprint density at radius 1 is 1.20 bits per heavy atom. The molecule has 0 radical (unpaired) electrons. The van der Waals surface area contributed by atoms with Crippen LogP contribution >= 0.6 is 0 Å². The summed E-state index contributed by atoms with van der Waals surface area (Å²) < 4.78 is 31.6. The van der Waals surface area contributed by atoms with Crippen LogP contribution in [0.4, 0.5) is 8.78 Å². The Balaban J connectivity index is 1.87. The molecule has 1 fully saturated rings. The maximum atomic E-state index is 13.7. The third kappa shape index (κ3) is 4.74. The lowest BCUT2D eigenvalue weighted by Gasteiger charge is -2.31. The topological polar surface area (TPSA) is 66.9 Å². The first-order valence-corrected chi connectivity index (χ1v) is 7.90. The normalized spacial score (nSPS) is 15.0. The minimum Gasteiger partial charge on any atom is -0.455 e. The summed E-state index contributed by atoms with van der Waals surface area (Å²) in [4.78, 5) is 38.4. The van der Waals surface area contributed by atoms with Gasteiger partial charge in [-0.2, -0.15) is 0 Å². The van der Waals surface area contributed by atoms with Crippen LogP contribution in [0.25, 0.3) is 0 Å². The second-order valence-corrected chi connectivity index (χ2v) is 6.09. The average molecular weight is 354 g/mol. The van der Waals surface area contributed by atoms with E-state index in [1.54, 1.807) is 14.1 Å². The number of esters is 1. The van der Waals surface area contributed by atoms with Crippen LogP contribution in [0.5, 0.6) is 0 Å². The van der Waals surface area contributed by atoms with E-state index in [0.717, 1.165) is 12.1 Å². The monoisotopic (exact) mass is 354 g/mol. The molecule has 1 aliphatic rings. The molecule has 0 aromatic heterocycles. The molecule has 0 N–H and O–H groups in total. The van der Waals surface area contributed by atoms with Crippen LogP contribution in [0.1, 0.15) is 23.2 Å². The van der Waals surface area contributed by atoms with E-state index in [2.05, 4.69) is 0 Å². The van der Waals surface area contributed by atoms with Gasteiger partial charge >= 0.3 is 5.97 Å². The van der Waals surface area contributed by atoms with E-state index >= 15 is 0 Å². The molecule has 1 aliphatic heterocycles.